The van der Waals surface area contributed by atoms with Gasteiger partial charge in [0.25, 0.3) is 5.91 Å². The van der Waals surface area contributed by atoms with E-state index in [-0.39, 0.29) is 0 Å². The summed E-state index contributed by atoms with van der Waals surface area (Å²) < 4.78 is 5.53. The van der Waals surface area contributed by atoms with Gasteiger partial charge in [0.2, 0.25) is 0 Å². The van der Waals surface area contributed by atoms with Crippen molar-refractivity contribution in [1.82, 2.24) is 4.98 Å². The Morgan fingerprint density at radius 1 is 1.29 bits per heavy atom. The lowest BCUT2D eigenvalue weighted by Gasteiger charge is -2.17. The predicted molar refractivity (Wildman–Crippen MR) is 83.3 cm³/mol. The van der Waals surface area contributed by atoms with E-state index in [1.54, 1.807) is 19.2 Å². The van der Waals surface area contributed by atoms with Gasteiger partial charge in [-0.3, -0.25) is 4.79 Å². The Labute approximate surface area is 124 Å². The highest BCUT2D eigenvalue weighted by atomic mass is 16.5. The third-order valence-electron chi connectivity index (χ3n) is 3.07. The minimum absolute atomic E-state index is 0.490. The first kappa shape index (κ1) is 14.8. The second-order valence-electron chi connectivity index (χ2n) is 4.96. The van der Waals surface area contributed by atoms with Crippen LogP contribution < -0.4 is 15.4 Å². The molecule has 0 saturated carbocycles. The minimum Gasteiger partial charge on any atom is -0.481 e. The van der Waals surface area contributed by atoms with Crippen LogP contribution in [0.4, 0.5) is 5.82 Å². The van der Waals surface area contributed by atoms with Crippen LogP contribution in [0.5, 0.6) is 5.75 Å². The van der Waals surface area contributed by atoms with Gasteiger partial charge in [0.05, 0.1) is 0 Å². The summed E-state index contributed by atoms with van der Waals surface area (Å²) >= 11 is 0. The Hall–Kier alpha value is -2.56. The van der Waals surface area contributed by atoms with Crippen molar-refractivity contribution < 1.29 is 9.53 Å². The molecule has 2 rings (SSSR count). The standard InChI is InChI=1S/C16H19N3O2/c1-11(15(17)20)21-13-7-4-6-12(10-13)14-8-5-9-18-16(14)19(2)3/h4-11H,1-3H3,(H2,17,20). The number of carbonyl (C=O) groups excluding carboxylic acids is 1. The molecule has 1 heterocycles. The number of nitrogens with zero attached hydrogens (tertiary/aromatic N) is 2. The zero-order chi connectivity index (χ0) is 15.4. The van der Waals surface area contributed by atoms with E-state index >= 15 is 0 Å². The topological polar surface area (TPSA) is 68.4 Å². The van der Waals surface area contributed by atoms with E-state index in [0.29, 0.717) is 5.75 Å². The fourth-order valence-electron chi connectivity index (χ4n) is 1.98. The smallest absolute Gasteiger partial charge is 0.258 e. The third kappa shape index (κ3) is 3.51. The van der Waals surface area contributed by atoms with Gasteiger partial charge in [-0.15, -0.1) is 0 Å². The van der Waals surface area contributed by atoms with E-state index < -0.39 is 12.0 Å². The molecular weight excluding hydrogens is 266 g/mol. The van der Waals surface area contributed by atoms with E-state index in [1.807, 2.05) is 49.3 Å². The van der Waals surface area contributed by atoms with Gasteiger partial charge in [-0.25, -0.2) is 4.98 Å². The van der Waals surface area contributed by atoms with Crippen molar-refractivity contribution in [2.24, 2.45) is 5.73 Å². The number of ether oxygens (including phenoxy) is 1. The quantitative estimate of drug-likeness (QED) is 0.913. The van der Waals surface area contributed by atoms with Crippen molar-refractivity contribution in [3.05, 3.63) is 42.6 Å². The third-order valence-corrected chi connectivity index (χ3v) is 3.07. The summed E-state index contributed by atoms with van der Waals surface area (Å²) in [4.78, 5) is 17.4. The van der Waals surface area contributed by atoms with E-state index in [0.717, 1.165) is 16.9 Å². The number of hydrogen-bond acceptors (Lipinski definition) is 4. The number of hydrogen-bond donors (Lipinski definition) is 1. The molecule has 5 nitrogen and oxygen atoms in total. The van der Waals surface area contributed by atoms with Crippen LogP contribution in [-0.4, -0.2) is 31.1 Å². The number of anilines is 1. The summed E-state index contributed by atoms with van der Waals surface area (Å²) in [5, 5.41) is 0. The highest BCUT2D eigenvalue weighted by Gasteiger charge is 2.12. The Kier molecular flexibility index (Phi) is 4.42. The molecule has 110 valence electrons. The van der Waals surface area contributed by atoms with Crippen molar-refractivity contribution in [1.29, 1.82) is 0 Å². The van der Waals surface area contributed by atoms with Crippen molar-refractivity contribution in [3.63, 3.8) is 0 Å². The Morgan fingerprint density at radius 2 is 2.05 bits per heavy atom. The molecule has 0 aliphatic heterocycles. The molecule has 2 aromatic rings. The maximum atomic E-state index is 11.1. The summed E-state index contributed by atoms with van der Waals surface area (Å²) in [6.45, 7) is 1.63. The monoisotopic (exact) mass is 285 g/mol. The molecule has 0 radical (unpaired) electrons. The molecule has 0 spiro atoms. The number of benzene rings is 1. The molecule has 1 atom stereocenters. The summed E-state index contributed by atoms with van der Waals surface area (Å²) in [6, 6.07) is 11.4. The first-order valence-electron chi connectivity index (χ1n) is 6.68. The lowest BCUT2D eigenvalue weighted by atomic mass is 10.1. The van der Waals surface area contributed by atoms with Crippen LogP contribution in [0.2, 0.25) is 0 Å². The maximum absolute atomic E-state index is 11.1. The van der Waals surface area contributed by atoms with Crippen molar-refractivity contribution >= 4 is 11.7 Å². The molecule has 0 fully saturated rings. The summed E-state index contributed by atoms with van der Waals surface area (Å²) in [5.41, 5.74) is 7.19. The molecule has 1 aromatic carbocycles. The Morgan fingerprint density at radius 3 is 2.71 bits per heavy atom. The number of aromatic nitrogens is 1. The van der Waals surface area contributed by atoms with Gasteiger partial charge in [0, 0.05) is 25.9 Å². The van der Waals surface area contributed by atoms with Gasteiger partial charge in [0.15, 0.2) is 6.10 Å². The molecule has 2 N–H and O–H groups in total. The predicted octanol–water partition coefficient (Wildman–Crippen LogP) is 2.07. The van der Waals surface area contributed by atoms with Crippen LogP contribution in [0.15, 0.2) is 42.6 Å². The largest absolute Gasteiger partial charge is 0.481 e. The number of carbonyl (C=O) groups is 1. The van der Waals surface area contributed by atoms with Crippen molar-refractivity contribution in [2.75, 3.05) is 19.0 Å². The molecule has 0 saturated heterocycles. The van der Waals surface area contributed by atoms with Crippen LogP contribution in [0.25, 0.3) is 11.1 Å². The average molecular weight is 285 g/mol. The van der Waals surface area contributed by atoms with E-state index in [9.17, 15) is 4.79 Å². The Balaban J connectivity index is 2.36. The molecule has 1 amide bonds. The fraction of sp³-hybridized carbons (Fsp3) is 0.250. The van der Waals surface area contributed by atoms with Crippen molar-refractivity contribution in [2.45, 2.75) is 13.0 Å². The molecule has 21 heavy (non-hydrogen) atoms. The van der Waals surface area contributed by atoms with Crippen molar-refractivity contribution in [3.8, 4) is 16.9 Å². The second-order valence-corrected chi connectivity index (χ2v) is 4.96. The van der Waals surface area contributed by atoms with Gasteiger partial charge in [-0.2, -0.15) is 0 Å². The van der Waals surface area contributed by atoms with Crippen LogP contribution >= 0.6 is 0 Å². The molecule has 0 aliphatic rings. The number of nitrogens with two attached hydrogens (primary N) is 1. The first-order valence-corrected chi connectivity index (χ1v) is 6.68. The van der Waals surface area contributed by atoms with Crippen LogP contribution in [0.3, 0.4) is 0 Å². The van der Waals surface area contributed by atoms with Gasteiger partial charge < -0.3 is 15.4 Å². The van der Waals surface area contributed by atoms with E-state index in [4.69, 9.17) is 10.5 Å². The zero-order valence-electron chi connectivity index (χ0n) is 12.4. The first-order chi connectivity index (χ1) is 9.99. The lowest BCUT2D eigenvalue weighted by molar-refractivity contribution is -0.123. The molecular formula is C16H19N3O2. The van der Waals surface area contributed by atoms with E-state index in [1.165, 1.54) is 0 Å². The molecule has 5 heteroatoms. The van der Waals surface area contributed by atoms with E-state index in [2.05, 4.69) is 4.98 Å². The van der Waals surface area contributed by atoms with Crippen LogP contribution in [-0.2, 0) is 4.79 Å². The zero-order valence-corrected chi connectivity index (χ0v) is 12.4. The summed E-state index contributed by atoms with van der Waals surface area (Å²) in [5.74, 6) is 0.987. The molecule has 1 aromatic heterocycles. The number of rotatable bonds is 5. The van der Waals surface area contributed by atoms with Gasteiger partial charge in [-0.1, -0.05) is 12.1 Å². The highest BCUT2D eigenvalue weighted by Crippen LogP contribution is 2.30. The van der Waals surface area contributed by atoms with Gasteiger partial charge >= 0.3 is 0 Å². The van der Waals surface area contributed by atoms with Gasteiger partial charge in [-0.05, 0) is 36.8 Å². The van der Waals surface area contributed by atoms with Gasteiger partial charge in [0.1, 0.15) is 11.6 Å². The highest BCUT2D eigenvalue weighted by molar-refractivity contribution is 5.79. The number of amides is 1. The number of pyridine rings is 1. The molecule has 0 aliphatic carbocycles. The lowest BCUT2D eigenvalue weighted by Crippen LogP contribution is -2.30. The maximum Gasteiger partial charge on any atom is 0.258 e. The summed E-state index contributed by atoms with van der Waals surface area (Å²) in [7, 11) is 3.89. The molecule has 1 unspecified atom stereocenters. The number of primary amides is 1. The second kappa shape index (κ2) is 6.26. The van der Waals surface area contributed by atoms with Crippen LogP contribution in [0.1, 0.15) is 6.92 Å². The fourth-order valence-corrected chi connectivity index (χ4v) is 1.98. The summed E-state index contributed by atoms with van der Waals surface area (Å²) in [6.07, 6.45) is 1.09. The minimum atomic E-state index is -0.664. The normalized spacial score (nSPS) is 11.8. The molecule has 0 bridgehead atoms. The Bertz CT molecular complexity index is 641. The average Bonchev–Trinajstić information content (AvgIpc) is 2.47. The van der Waals surface area contributed by atoms with Crippen LogP contribution in [0, 0.1) is 0 Å². The SMILES string of the molecule is CC(Oc1cccc(-c2cccnc2N(C)C)c1)C(N)=O.